The monoisotopic (exact) mass is 449 g/mol. The van der Waals surface area contributed by atoms with E-state index in [0.29, 0.717) is 45.0 Å². The maximum absolute atomic E-state index is 10.4. The van der Waals surface area contributed by atoms with E-state index in [1.807, 2.05) is 18.2 Å². The van der Waals surface area contributed by atoms with E-state index in [9.17, 15) is 5.11 Å². The summed E-state index contributed by atoms with van der Waals surface area (Å²) in [5, 5.41) is 13.4. The van der Waals surface area contributed by atoms with Gasteiger partial charge in [0, 0.05) is 44.2 Å². The fourth-order valence-electron chi connectivity index (χ4n) is 2.57. The van der Waals surface area contributed by atoms with E-state index in [1.54, 1.807) is 0 Å². The molecule has 4 N–H and O–H groups in total. The summed E-state index contributed by atoms with van der Waals surface area (Å²) >= 11 is 0. The highest BCUT2D eigenvalue weighted by Crippen LogP contribution is 2.32. The Kier molecular flexibility index (Phi) is 6.93. The number of aliphatic imine (C=N–C) groups is 1. The van der Waals surface area contributed by atoms with Gasteiger partial charge in [0.1, 0.15) is 0 Å². The third kappa shape index (κ3) is 5.12. The Hall–Kier alpha value is -1.26. The average molecular weight is 449 g/mol. The van der Waals surface area contributed by atoms with Crippen molar-refractivity contribution in [1.82, 2.24) is 0 Å². The summed E-state index contributed by atoms with van der Waals surface area (Å²) in [5.41, 5.74) is 5.86. The number of fused-ring (bicyclic) bond motifs is 1. The van der Waals surface area contributed by atoms with E-state index in [0.717, 1.165) is 17.9 Å². The lowest BCUT2D eigenvalue weighted by Gasteiger charge is -2.30. The molecule has 0 radical (unpaired) electrons. The van der Waals surface area contributed by atoms with Gasteiger partial charge in [0.15, 0.2) is 17.5 Å². The topological polar surface area (TPSA) is 98.3 Å². The molecule has 134 valence electrons. The summed E-state index contributed by atoms with van der Waals surface area (Å²) in [4.78, 5) is 4.25. The third-order valence-corrected chi connectivity index (χ3v) is 3.99. The summed E-state index contributed by atoms with van der Waals surface area (Å²) in [6.07, 6.45) is 2.02. The number of nitrogens with zero attached hydrogens (tertiary/aromatic N) is 1. The lowest BCUT2D eigenvalue weighted by atomic mass is 9.95. The van der Waals surface area contributed by atoms with Crippen LogP contribution in [0.3, 0.4) is 0 Å². The van der Waals surface area contributed by atoms with Crippen LogP contribution >= 0.6 is 24.0 Å². The number of guanidine groups is 1. The number of rotatable bonds is 3. The fraction of sp³-hybridized carbons (Fsp3) is 0.562. The van der Waals surface area contributed by atoms with E-state index >= 15 is 0 Å². The largest absolute Gasteiger partial charge is 0.490 e. The maximum Gasteiger partial charge on any atom is 0.193 e. The minimum atomic E-state index is -0.824. The summed E-state index contributed by atoms with van der Waals surface area (Å²) in [7, 11) is 0. The van der Waals surface area contributed by atoms with Gasteiger partial charge >= 0.3 is 0 Å². The quantitative estimate of drug-likeness (QED) is 0.370. The normalized spacial score (nSPS) is 19.8. The molecule has 1 saturated heterocycles. The number of ether oxygens (including phenoxy) is 3. The Bertz CT molecular complexity index is 576. The first-order valence-corrected chi connectivity index (χ1v) is 7.91. The van der Waals surface area contributed by atoms with Crippen LogP contribution in [0.25, 0.3) is 0 Å². The summed E-state index contributed by atoms with van der Waals surface area (Å²) in [5.74, 6) is 1.70. The van der Waals surface area contributed by atoms with Gasteiger partial charge in [0.2, 0.25) is 0 Å². The Morgan fingerprint density at radius 3 is 2.62 bits per heavy atom. The number of benzene rings is 1. The second kappa shape index (κ2) is 8.72. The molecule has 0 aliphatic carbocycles. The Labute approximate surface area is 158 Å². The summed E-state index contributed by atoms with van der Waals surface area (Å²) < 4.78 is 16.5. The van der Waals surface area contributed by atoms with Gasteiger partial charge in [-0.25, -0.2) is 0 Å². The first-order chi connectivity index (χ1) is 11.1. The lowest BCUT2D eigenvalue weighted by molar-refractivity contribution is -0.0565. The van der Waals surface area contributed by atoms with Crippen LogP contribution in [-0.2, 0) is 4.74 Å². The molecule has 0 bridgehead atoms. The molecule has 3 rings (SSSR count). The predicted molar refractivity (Wildman–Crippen MR) is 103 cm³/mol. The molecule has 0 aromatic heterocycles. The molecule has 0 atom stereocenters. The predicted octanol–water partition coefficient (Wildman–Crippen LogP) is 1.73. The van der Waals surface area contributed by atoms with Crippen LogP contribution < -0.4 is 20.5 Å². The van der Waals surface area contributed by atoms with Crippen molar-refractivity contribution in [3.05, 3.63) is 18.2 Å². The number of nitrogens with two attached hydrogens (primary N) is 1. The highest BCUT2D eigenvalue weighted by Gasteiger charge is 2.29. The molecule has 0 spiro atoms. The van der Waals surface area contributed by atoms with Crippen molar-refractivity contribution in [3.63, 3.8) is 0 Å². The van der Waals surface area contributed by atoms with Gasteiger partial charge in [0.05, 0.1) is 25.4 Å². The molecule has 1 fully saturated rings. The standard InChI is InChI=1S/C16H23N3O4.HI/c17-15(18-11-16(20)4-8-21-9-5-16)19-12-2-3-13-14(10-12)23-7-1-6-22-13;/h2-3,10,20H,1,4-9,11H2,(H3,17,18,19);1H. The Morgan fingerprint density at radius 1 is 1.17 bits per heavy atom. The van der Waals surface area contributed by atoms with E-state index in [2.05, 4.69) is 10.3 Å². The molecule has 1 aromatic carbocycles. The number of hydrogen-bond donors (Lipinski definition) is 3. The molecular weight excluding hydrogens is 425 g/mol. The van der Waals surface area contributed by atoms with Crippen LogP contribution in [0.1, 0.15) is 19.3 Å². The second-order valence-electron chi connectivity index (χ2n) is 5.88. The van der Waals surface area contributed by atoms with E-state index in [4.69, 9.17) is 19.9 Å². The molecule has 1 aromatic rings. The second-order valence-corrected chi connectivity index (χ2v) is 5.88. The molecule has 0 saturated carbocycles. The van der Waals surface area contributed by atoms with Gasteiger partial charge in [-0.2, -0.15) is 0 Å². The molecule has 8 heteroatoms. The molecule has 2 heterocycles. The number of nitrogens with one attached hydrogen (secondary N) is 1. The lowest BCUT2D eigenvalue weighted by Crippen LogP contribution is -2.40. The first kappa shape index (κ1) is 19.1. The number of anilines is 1. The van der Waals surface area contributed by atoms with Crippen molar-refractivity contribution in [2.45, 2.75) is 24.9 Å². The van der Waals surface area contributed by atoms with Gasteiger partial charge < -0.3 is 30.4 Å². The van der Waals surface area contributed by atoms with Crippen LogP contribution in [-0.4, -0.2) is 49.6 Å². The average Bonchev–Trinajstić information content (AvgIpc) is 2.79. The number of aliphatic hydroxyl groups is 1. The van der Waals surface area contributed by atoms with Crippen LogP contribution in [0.5, 0.6) is 11.5 Å². The maximum atomic E-state index is 10.4. The Morgan fingerprint density at radius 2 is 1.88 bits per heavy atom. The van der Waals surface area contributed by atoms with E-state index in [-0.39, 0.29) is 36.5 Å². The fourth-order valence-corrected chi connectivity index (χ4v) is 2.57. The van der Waals surface area contributed by atoms with Gasteiger partial charge in [0.25, 0.3) is 0 Å². The molecule has 2 aliphatic heterocycles. The van der Waals surface area contributed by atoms with Gasteiger partial charge in [-0.1, -0.05) is 0 Å². The minimum absolute atomic E-state index is 0. The molecule has 2 aliphatic rings. The number of halogens is 1. The molecule has 7 nitrogen and oxygen atoms in total. The molecular formula is C16H24IN3O4. The van der Waals surface area contributed by atoms with Crippen molar-refractivity contribution >= 4 is 35.6 Å². The van der Waals surface area contributed by atoms with Crippen molar-refractivity contribution in [1.29, 1.82) is 0 Å². The van der Waals surface area contributed by atoms with Gasteiger partial charge in [-0.15, -0.1) is 24.0 Å². The van der Waals surface area contributed by atoms with E-state index in [1.165, 1.54) is 0 Å². The van der Waals surface area contributed by atoms with Crippen molar-refractivity contribution in [2.75, 3.05) is 38.3 Å². The molecule has 24 heavy (non-hydrogen) atoms. The smallest absolute Gasteiger partial charge is 0.193 e. The third-order valence-electron chi connectivity index (χ3n) is 3.99. The zero-order valence-corrected chi connectivity index (χ0v) is 15.8. The zero-order chi connectivity index (χ0) is 16.1. The van der Waals surface area contributed by atoms with Crippen LogP contribution in [0.15, 0.2) is 23.2 Å². The van der Waals surface area contributed by atoms with Crippen molar-refractivity contribution < 1.29 is 19.3 Å². The zero-order valence-electron chi connectivity index (χ0n) is 13.5. The molecule has 0 amide bonds. The SMILES string of the molecule is I.NC(=NCC1(O)CCOCC1)Nc1ccc2c(c1)OCCCO2. The van der Waals surface area contributed by atoms with Gasteiger partial charge in [-0.3, -0.25) is 4.99 Å². The van der Waals surface area contributed by atoms with E-state index < -0.39 is 5.60 Å². The van der Waals surface area contributed by atoms with Crippen molar-refractivity contribution in [3.8, 4) is 11.5 Å². The van der Waals surface area contributed by atoms with Gasteiger partial charge in [-0.05, 0) is 12.1 Å². The van der Waals surface area contributed by atoms with Crippen molar-refractivity contribution in [2.24, 2.45) is 10.7 Å². The molecule has 0 unspecified atom stereocenters. The minimum Gasteiger partial charge on any atom is -0.490 e. The first-order valence-electron chi connectivity index (χ1n) is 7.91. The number of hydrogen-bond acceptors (Lipinski definition) is 5. The highest BCUT2D eigenvalue weighted by atomic mass is 127. The van der Waals surface area contributed by atoms with Crippen LogP contribution in [0.4, 0.5) is 5.69 Å². The van der Waals surface area contributed by atoms with Crippen LogP contribution in [0.2, 0.25) is 0 Å². The summed E-state index contributed by atoms with van der Waals surface area (Å²) in [6, 6.07) is 5.55. The Balaban J connectivity index is 0.00000208. The summed E-state index contributed by atoms with van der Waals surface area (Å²) in [6.45, 7) is 2.67. The highest BCUT2D eigenvalue weighted by molar-refractivity contribution is 14.0. The van der Waals surface area contributed by atoms with Crippen LogP contribution in [0, 0.1) is 0 Å².